The van der Waals surface area contributed by atoms with Gasteiger partial charge in [-0.2, -0.15) is 0 Å². The average molecular weight is 608 g/mol. The predicted octanol–water partition coefficient (Wildman–Crippen LogP) is 5.29. The van der Waals surface area contributed by atoms with Crippen molar-refractivity contribution in [3.05, 3.63) is 28.5 Å². The summed E-state index contributed by atoms with van der Waals surface area (Å²) in [6.45, 7) is 4.88. The number of halogens is 1. The van der Waals surface area contributed by atoms with Gasteiger partial charge >= 0.3 is 15.2 Å². The lowest BCUT2D eigenvalue weighted by molar-refractivity contribution is 0.347. The fourth-order valence-corrected chi connectivity index (χ4v) is 14.3. The van der Waals surface area contributed by atoms with Crippen molar-refractivity contribution in [3.63, 3.8) is 0 Å². The molecule has 0 amide bonds. The number of nitrogens with zero attached hydrogens (tertiary/aromatic N) is 1. The molecule has 0 fully saturated rings. The topological polar surface area (TPSA) is 165 Å². The van der Waals surface area contributed by atoms with E-state index in [1.807, 2.05) is 0 Å². The van der Waals surface area contributed by atoms with Crippen LogP contribution in [0.3, 0.4) is 0 Å². The number of aryl methyl sites for hydroxylation is 1. The van der Waals surface area contributed by atoms with Crippen LogP contribution < -0.4 is 0 Å². The Labute approximate surface area is 188 Å². The van der Waals surface area contributed by atoms with Crippen LogP contribution in [0.2, 0.25) is 0 Å². The molecule has 0 bridgehead atoms. The highest BCUT2D eigenvalue weighted by atomic mass is 79.9. The van der Waals surface area contributed by atoms with Gasteiger partial charge in [-0.25, -0.2) is 0 Å². The second-order valence-electron chi connectivity index (χ2n) is 5.71. The van der Waals surface area contributed by atoms with Crippen molar-refractivity contribution in [1.82, 2.24) is 4.98 Å². The van der Waals surface area contributed by atoms with Gasteiger partial charge < -0.3 is 19.6 Å². The Hall–Kier alpha value is 1.49. The molecular formula is C12H24BrNO10P6. The number of aromatic nitrogens is 1. The highest BCUT2D eigenvalue weighted by Crippen LogP contribution is 2.80. The lowest BCUT2D eigenvalue weighted by atomic mass is 10.2. The Bertz CT molecular complexity index is 703. The normalized spacial score (nSPS) is 21.1. The highest BCUT2D eigenvalue weighted by Gasteiger charge is 2.54. The molecule has 30 heavy (non-hydrogen) atoms. The number of pyridine rings is 1. The molecule has 4 atom stereocenters. The van der Waals surface area contributed by atoms with Crippen molar-refractivity contribution >= 4 is 64.6 Å². The monoisotopic (exact) mass is 607 g/mol. The van der Waals surface area contributed by atoms with Crippen LogP contribution in [0.4, 0.5) is 0 Å². The standard InChI is InChI=1S/C12H24BrNO10P6/c1-25(15)21-29(19,22-26(2)16)12(8-7-11-10(13)6-5-9-14-11)30(20,23-27(3)17)24-28(4)18/h5-6,9,12,15-18H,7-8H2,1-4H3. The third-order valence-corrected chi connectivity index (χ3v) is 15.0. The van der Waals surface area contributed by atoms with Crippen molar-refractivity contribution in [2.45, 2.75) is 18.2 Å². The van der Waals surface area contributed by atoms with Crippen LogP contribution in [-0.4, -0.2) is 56.6 Å². The first-order chi connectivity index (χ1) is 13.8. The zero-order valence-electron chi connectivity index (χ0n) is 16.5. The van der Waals surface area contributed by atoms with Gasteiger partial charge in [-0.1, -0.05) is 0 Å². The lowest BCUT2D eigenvalue weighted by Gasteiger charge is -2.33. The maximum Gasteiger partial charge on any atom is 0.356 e. The van der Waals surface area contributed by atoms with Crippen LogP contribution in [0.5, 0.6) is 0 Å². The Morgan fingerprint density at radius 3 is 1.67 bits per heavy atom. The fourth-order valence-electron chi connectivity index (χ4n) is 2.26. The van der Waals surface area contributed by atoms with E-state index in [-0.39, 0.29) is 12.8 Å². The maximum atomic E-state index is 13.6. The van der Waals surface area contributed by atoms with E-state index >= 15 is 0 Å². The molecule has 11 nitrogen and oxygen atoms in total. The third-order valence-electron chi connectivity index (χ3n) is 3.13. The van der Waals surface area contributed by atoms with Crippen molar-refractivity contribution in [1.29, 1.82) is 0 Å². The van der Waals surface area contributed by atoms with Crippen LogP contribution in [0.15, 0.2) is 22.8 Å². The summed E-state index contributed by atoms with van der Waals surface area (Å²) in [6, 6.07) is 3.42. The van der Waals surface area contributed by atoms with Crippen LogP contribution in [0.25, 0.3) is 0 Å². The first-order valence-corrected chi connectivity index (χ1v) is 18.7. The number of rotatable bonds is 13. The summed E-state index contributed by atoms with van der Waals surface area (Å²) in [4.78, 5) is 43.2. The van der Waals surface area contributed by atoms with Crippen molar-refractivity contribution in [2.24, 2.45) is 0 Å². The van der Waals surface area contributed by atoms with Crippen molar-refractivity contribution in [3.8, 4) is 0 Å². The Morgan fingerprint density at radius 1 is 0.933 bits per heavy atom. The largest absolute Gasteiger partial charge is 0.356 e. The summed E-state index contributed by atoms with van der Waals surface area (Å²) >= 11 is 3.34. The molecule has 0 aliphatic carbocycles. The Kier molecular flexibility index (Phi) is 13.2. The molecule has 1 aromatic rings. The molecule has 174 valence electrons. The van der Waals surface area contributed by atoms with Gasteiger partial charge in [0.2, 0.25) is 0 Å². The summed E-state index contributed by atoms with van der Waals surface area (Å²) in [5, 5.41) is -1.66. The number of hydrogen-bond donors (Lipinski definition) is 4. The van der Waals surface area contributed by atoms with Gasteiger partial charge in [0.05, 0.1) is 5.69 Å². The second kappa shape index (κ2) is 13.4. The van der Waals surface area contributed by atoms with E-state index in [2.05, 4.69) is 20.9 Å². The zero-order valence-corrected chi connectivity index (χ0v) is 23.4. The smallest absolute Gasteiger partial charge is 0.350 e. The minimum atomic E-state index is -4.53. The average Bonchev–Trinajstić information content (AvgIpc) is 2.53. The van der Waals surface area contributed by atoms with Gasteiger partial charge in [-0.05, 0) is 40.9 Å². The molecule has 1 aromatic heterocycles. The molecule has 1 rings (SSSR count). The highest BCUT2D eigenvalue weighted by molar-refractivity contribution is 9.10. The van der Waals surface area contributed by atoms with Crippen LogP contribution in [-0.2, 0) is 32.8 Å². The summed E-state index contributed by atoms with van der Waals surface area (Å²) in [6.07, 6.45) is 1.42. The first-order valence-electron chi connectivity index (χ1n) is 8.07. The molecule has 0 spiro atoms. The van der Waals surface area contributed by atoms with E-state index in [4.69, 9.17) is 17.2 Å². The molecule has 0 aliphatic heterocycles. The Balaban J connectivity index is 3.47. The lowest BCUT2D eigenvalue weighted by Crippen LogP contribution is -2.16. The minimum absolute atomic E-state index is 0.0970. The fraction of sp³-hybridized carbons (Fsp3) is 0.583. The van der Waals surface area contributed by atoms with Gasteiger partial charge in [0.15, 0.2) is 38.9 Å². The van der Waals surface area contributed by atoms with Crippen molar-refractivity contribution in [2.75, 3.05) is 26.7 Å². The molecule has 0 aromatic carbocycles. The second-order valence-corrected chi connectivity index (χ2v) is 16.7. The Morgan fingerprint density at radius 2 is 1.33 bits per heavy atom. The summed E-state index contributed by atoms with van der Waals surface area (Å²) in [5.74, 6) is 0. The van der Waals surface area contributed by atoms with Crippen LogP contribution >= 0.6 is 64.6 Å². The molecule has 1 heterocycles. The molecule has 0 radical (unpaired) electrons. The molecule has 0 saturated heterocycles. The zero-order chi connectivity index (χ0) is 23.1. The van der Waals surface area contributed by atoms with E-state index in [0.29, 0.717) is 10.2 Å². The van der Waals surface area contributed by atoms with Crippen molar-refractivity contribution < 1.29 is 45.9 Å². The molecular weight excluding hydrogens is 584 g/mol. The molecule has 0 saturated carbocycles. The van der Waals surface area contributed by atoms with Gasteiger partial charge in [-0.15, -0.1) is 0 Å². The van der Waals surface area contributed by atoms with Gasteiger partial charge in [0, 0.05) is 37.3 Å². The molecule has 18 heteroatoms. The molecule has 0 aliphatic rings. The summed E-state index contributed by atoms with van der Waals surface area (Å²) in [7, 11) is -18.1. The van der Waals surface area contributed by atoms with E-state index in [9.17, 15) is 28.7 Å². The first kappa shape index (κ1) is 29.5. The van der Waals surface area contributed by atoms with E-state index < -0.39 is 54.1 Å². The summed E-state index contributed by atoms with van der Waals surface area (Å²) < 4.78 is 48.4. The van der Waals surface area contributed by atoms with Gasteiger partial charge in [-0.3, -0.25) is 31.4 Å². The van der Waals surface area contributed by atoms with E-state index in [1.54, 1.807) is 12.1 Å². The number of hydrogen-bond acceptors (Lipinski definition) is 11. The third kappa shape index (κ3) is 9.77. The predicted molar refractivity (Wildman–Crippen MR) is 124 cm³/mol. The van der Waals surface area contributed by atoms with E-state index in [0.717, 1.165) is 0 Å². The summed E-state index contributed by atoms with van der Waals surface area (Å²) in [5.41, 5.74) is 0.525. The molecule has 4 N–H and O–H groups in total. The van der Waals surface area contributed by atoms with Crippen LogP contribution in [0, 0.1) is 0 Å². The van der Waals surface area contributed by atoms with Gasteiger partial charge in [0.1, 0.15) is 0 Å². The van der Waals surface area contributed by atoms with Gasteiger partial charge in [0.25, 0.3) is 0 Å². The van der Waals surface area contributed by atoms with E-state index in [1.165, 1.54) is 32.9 Å². The van der Waals surface area contributed by atoms with Crippen LogP contribution in [0.1, 0.15) is 12.1 Å². The minimum Gasteiger partial charge on any atom is -0.350 e. The maximum absolute atomic E-state index is 13.6. The quantitative estimate of drug-likeness (QED) is 0.215. The SMILES string of the molecule is CP(O)OP(=O)(OP(C)O)C(CCc1ncccc1Br)P(=O)(OP(C)O)OP(C)O. The molecule has 4 unspecified atom stereocenters.